The summed E-state index contributed by atoms with van der Waals surface area (Å²) in [5.41, 5.74) is 1.38. The molecule has 2 aromatic rings. The third-order valence-electron chi connectivity index (χ3n) is 2.09. The first-order chi connectivity index (χ1) is 7.34. The van der Waals surface area contributed by atoms with E-state index in [0.717, 1.165) is 5.32 Å². The van der Waals surface area contributed by atoms with Gasteiger partial charge in [0.15, 0.2) is 0 Å². The summed E-state index contributed by atoms with van der Waals surface area (Å²) in [4.78, 5) is 0. The summed E-state index contributed by atoms with van der Waals surface area (Å²) in [5.74, 6) is 0.342. The molecule has 0 fully saturated rings. The van der Waals surface area contributed by atoms with Gasteiger partial charge in [-0.15, -0.1) is 0 Å². The van der Waals surface area contributed by atoms with Crippen molar-refractivity contribution in [1.82, 2.24) is 0 Å². The van der Waals surface area contributed by atoms with Gasteiger partial charge in [0.05, 0.1) is 0 Å². The fourth-order valence-corrected chi connectivity index (χ4v) is 3.08. The van der Waals surface area contributed by atoms with E-state index in [1.165, 1.54) is 10.0 Å². The van der Waals surface area contributed by atoms with Crippen LogP contribution in [0.15, 0.2) is 54.6 Å². The number of hydrogen-bond donors (Lipinski definition) is 1. The van der Waals surface area contributed by atoms with Gasteiger partial charge in [-0.25, -0.2) is 0 Å². The van der Waals surface area contributed by atoms with E-state index in [2.05, 4.69) is 24.3 Å². The summed E-state index contributed by atoms with van der Waals surface area (Å²) in [6.07, 6.45) is 0. The van der Waals surface area contributed by atoms with E-state index < -0.39 is 0 Å². The molecule has 0 aromatic heterocycles. The molecule has 15 heavy (non-hydrogen) atoms. The topological polar surface area (TPSA) is 20.2 Å². The van der Waals surface area contributed by atoms with Crippen molar-refractivity contribution in [3.63, 3.8) is 0 Å². The van der Waals surface area contributed by atoms with Crippen LogP contribution < -0.4 is 4.46 Å². The van der Waals surface area contributed by atoms with Crippen LogP contribution in [0.4, 0.5) is 0 Å². The van der Waals surface area contributed by atoms with E-state index >= 15 is 0 Å². The summed E-state index contributed by atoms with van der Waals surface area (Å²) in [5, 5.41) is 10.3. The SMILES string of the molecule is Oc1ccc([Se]Cc2ccccc2)cc1. The number of benzene rings is 2. The average molecular weight is 263 g/mol. The molecule has 2 aromatic carbocycles. The molecule has 0 saturated heterocycles. The molecule has 0 radical (unpaired) electrons. The van der Waals surface area contributed by atoms with Gasteiger partial charge in [-0.1, -0.05) is 0 Å². The Balaban J connectivity index is 1.96. The van der Waals surface area contributed by atoms with E-state index in [0.29, 0.717) is 20.7 Å². The van der Waals surface area contributed by atoms with Gasteiger partial charge in [-0.05, 0) is 0 Å². The summed E-state index contributed by atoms with van der Waals surface area (Å²) in [6.45, 7) is 0. The van der Waals surface area contributed by atoms with Gasteiger partial charge in [0.1, 0.15) is 0 Å². The van der Waals surface area contributed by atoms with Crippen LogP contribution in [0.1, 0.15) is 5.56 Å². The van der Waals surface area contributed by atoms with Crippen LogP contribution in [0.5, 0.6) is 5.75 Å². The zero-order valence-electron chi connectivity index (χ0n) is 8.26. The first kappa shape index (κ1) is 10.3. The summed E-state index contributed by atoms with van der Waals surface area (Å²) in [7, 11) is 0. The molecule has 0 aliphatic rings. The van der Waals surface area contributed by atoms with Crippen molar-refractivity contribution in [1.29, 1.82) is 0 Å². The third-order valence-corrected chi connectivity index (χ3v) is 4.36. The minimum atomic E-state index is 0.342. The molecule has 76 valence electrons. The van der Waals surface area contributed by atoms with Gasteiger partial charge in [-0.3, -0.25) is 0 Å². The average Bonchev–Trinajstić information content (AvgIpc) is 2.30. The first-order valence-electron chi connectivity index (χ1n) is 4.80. The Labute approximate surface area is 95.9 Å². The van der Waals surface area contributed by atoms with Gasteiger partial charge in [-0.2, -0.15) is 0 Å². The van der Waals surface area contributed by atoms with Crippen molar-refractivity contribution >= 4 is 19.4 Å². The van der Waals surface area contributed by atoms with Gasteiger partial charge in [0.2, 0.25) is 0 Å². The van der Waals surface area contributed by atoms with Gasteiger partial charge in [0.25, 0.3) is 0 Å². The summed E-state index contributed by atoms with van der Waals surface area (Å²) in [6, 6.07) is 18.0. The normalized spacial score (nSPS) is 10.1. The van der Waals surface area contributed by atoms with E-state index in [9.17, 15) is 0 Å². The summed E-state index contributed by atoms with van der Waals surface area (Å²) >= 11 is 0.453. The second kappa shape index (κ2) is 5.01. The van der Waals surface area contributed by atoms with Gasteiger partial charge < -0.3 is 0 Å². The molecule has 2 heteroatoms. The quantitative estimate of drug-likeness (QED) is 0.839. The fraction of sp³-hybridized carbons (Fsp3) is 0.0769. The predicted molar refractivity (Wildman–Crippen MR) is 63.6 cm³/mol. The van der Waals surface area contributed by atoms with Crippen LogP contribution >= 0.6 is 0 Å². The number of aromatic hydroxyl groups is 1. The zero-order chi connectivity index (χ0) is 10.5. The molecule has 0 saturated carbocycles. The minimum absolute atomic E-state index is 0.342. The molecule has 1 nitrogen and oxygen atoms in total. The van der Waals surface area contributed by atoms with E-state index in [-0.39, 0.29) is 0 Å². The molecule has 0 amide bonds. The van der Waals surface area contributed by atoms with E-state index in [4.69, 9.17) is 5.11 Å². The Morgan fingerprint density at radius 1 is 0.867 bits per heavy atom. The van der Waals surface area contributed by atoms with Crippen LogP contribution in [0.2, 0.25) is 0 Å². The molecule has 0 bridgehead atoms. The molecule has 0 atom stereocenters. The Bertz CT molecular complexity index is 408. The second-order valence-electron chi connectivity index (χ2n) is 3.27. The van der Waals surface area contributed by atoms with Crippen LogP contribution in [0, 0.1) is 0 Å². The number of hydrogen-bond acceptors (Lipinski definition) is 1. The van der Waals surface area contributed by atoms with Gasteiger partial charge >= 0.3 is 95.8 Å². The number of phenols is 1. The van der Waals surface area contributed by atoms with Crippen LogP contribution in [-0.4, -0.2) is 20.1 Å². The molecule has 1 N–H and O–H groups in total. The molecule has 0 unspecified atom stereocenters. The second-order valence-corrected chi connectivity index (χ2v) is 5.47. The third kappa shape index (κ3) is 3.12. The fourth-order valence-electron chi connectivity index (χ4n) is 1.28. The Hall–Kier alpha value is -1.24. The molecular weight excluding hydrogens is 251 g/mol. The Morgan fingerprint density at radius 3 is 2.20 bits per heavy atom. The Kier molecular flexibility index (Phi) is 3.44. The van der Waals surface area contributed by atoms with Crippen molar-refractivity contribution in [2.45, 2.75) is 5.32 Å². The predicted octanol–water partition coefficient (Wildman–Crippen LogP) is 1.92. The van der Waals surface area contributed by atoms with E-state index in [1.807, 2.05) is 18.2 Å². The molecule has 2 rings (SSSR count). The maximum atomic E-state index is 9.15. The van der Waals surface area contributed by atoms with Crippen molar-refractivity contribution < 1.29 is 5.11 Å². The van der Waals surface area contributed by atoms with Crippen molar-refractivity contribution in [2.75, 3.05) is 0 Å². The van der Waals surface area contributed by atoms with Crippen LogP contribution in [0.3, 0.4) is 0 Å². The molecule has 0 spiro atoms. The monoisotopic (exact) mass is 264 g/mol. The zero-order valence-corrected chi connectivity index (χ0v) is 9.97. The molecular formula is C13H12OSe. The van der Waals surface area contributed by atoms with Crippen molar-refractivity contribution in [2.24, 2.45) is 0 Å². The van der Waals surface area contributed by atoms with Gasteiger partial charge in [0, 0.05) is 0 Å². The molecule has 0 aliphatic carbocycles. The number of phenolic OH excluding ortho intramolecular Hbond substituents is 1. The van der Waals surface area contributed by atoms with E-state index in [1.54, 1.807) is 12.1 Å². The molecule has 0 heterocycles. The first-order valence-corrected chi connectivity index (χ1v) is 6.87. The molecule has 0 aliphatic heterocycles. The van der Waals surface area contributed by atoms with Crippen molar-refractivity contribution in [3.8, 4) is 5.75 Å². The number of rotatable bonds is 3. The Morgan fingerprint density at radius 2 is 1.53 bits per heavy atom. The van der Waals surface area contributed by atoms with Crippen LogP contribution in [-0.2, 0) is 5.32 Å². The maximum absolute atomic E-state index is 9.15. The van der Waals surface area contributed by atoms with Crippen molar-refractivity contribution in [3.05, 3.63) is 60.2 Å². The van der Waals surface area contributed by atoms with Crippen LogP contribution in [0.25, 0.3) is 0 Å². The standard InChI is InChI=1S/C13H12OSe/c14-12-6-8-13(9-7-12)15-10-11-4-2-1-3-5-11/h1-9,14H,10H2. The summed E-state index contributed by atoms with van der Waals surface area (Å²) < 4.78 is 1.32.